The van der Waals surface area contributed by atoms with E-state index in [-0.39, 0.29) is 6.03 Å². The molecule has 1 aromatic carbocycles. The Hall–Kier alpha value is -2.34. The highest BCUT2D eigenvalue weighted by Crippen LogP contribution is 2.16. The number of benzene rings is 1. The largest absolute Gasteiger partial charge is 0.389 e. The number of nitrogens with one attached hydrogen (secondary N) is 2. The van der Waals surface area contributed by atoms with Crippen LogP contribution in [0.1, 0.15) is 25.0 Å². The molecular formula is C15H20N4O2. The average Bonchev–Trinajstić information content (AvgIpc) is 2.97. The molecule has 1 aromatic heterocycles. The van der Waals surface area contributed by atoms with Crippen molar-refractivity contribution in [2.75, 3.05) is 11.9 Å². The first-order valence-electron chi connectivity index (χ1n) is 6.95. The zero-order valence-electron chi connectivity index (χ0n) is 12.0. The molecule has 1 heterocycles. The van der Waals surface area contributed by atoms with Crippen molar-refractivity contribution in [1.29, 1.82) is 0 Å². The van der Waals surface area contributed by atoms with Crippen LogP contribution in [0.5, 0.6) is 0 Å². The summed E-state index contributed by atoms with van der Waals surface area (Å²) in [6.07, 6.45) is 3.88. The number of anilines is 1. The highest BCUT2D eigenvalue weighted by Gasteiger charge is 2.04. The van der Waals surface area contributed by atoms with Crippen LogP contribution in [-0.2, 0) is 6.54 Å². The van der Waals surface area contributed by atoms with Gasteiger partial charge in [0.25, 0.3) is 0 Å². The zero-order chi connectivity index (χ0) is 15.1. The maximum atomic E-state index is 11.7. The number of aliphatic hydroxyl groups excluding tert-OH is 1. The van der Waals surface area contributed by atoms with Crippen LogP contribution in [0.4, 0.5) is 10.5 Å². The number of aryl methyl sites for hydroxylation is 1. The molecule has 6 nitrogen and oxygen atoms in total. The Morgan fingerprint density at radius 1 is 1.43 bits per heavy atom. The number of carbonyl (C=O) groups is 1. The zero-order valence-corrected chi connectivity index (χ0v) is 12.0. The van der Waals surface area contributed by atoms with E-state index in [2.05, 4.69) is 15.7 Å². The van der Waals surface area contributed by atoms with E-state index in [0.29, 0.717) is 12.2 Å². The van der Waals surface area contributed by atoms with Gasteiger partial charge in [-0.2, -0.15) is 5.10 Å². The van der Waals surface area contributed by atoms with E-state index in [0.717, 1.165) is 18.5 Å². The SMILES string of the molecule is CC(O)c1cccc(NC(=O)NCCCn2cccn2)c1. The summed E-state index contributed by atoms with van der Waals surface area (Å²) in [5, 5.41) is 19.1. The van der Waals surface area contributed by atoms with Gasteiger partial charge >= 0.3 is 6.03 Å². The third kappa shape index (κ3) is 4.92. The number of aromatic nitrogens is 2. The maximum Gasteiger partial charge on any atom is 0.319 e. The van der Waals surface area contributed by atoms with Gasteiger partial charge in [-0.05, 0) is 37.1 Å². The van der Waals surface area contributed by atoms with Crippen molar-refractivity contribution < 1.29 is 9.90 Å². The standard InChI is InChI=1S/C15H20N4O2/c1-12(20)13-5-2-6-14(11-13)18-15(21)16-7-3-9-19-10-4-8-17-19/h2,4-6,8,10-12,20H,3,7,9H2,1H3,(H2,16,18,21). The first-order valence-corrected chi connectivity index (χ1v) is 6.95. The predicted molar refractivity (Wildman–Crippen MR) is 80.9 cm³/mol. The van der Waals surface area contributed by atoms with Crippen LogP contribution in [0.15, 0.2) is 42.7 Å². The van der Waals surface area contributed by atoms with Crippen molar-refractivity contribution in [3.05, 3.63) is 48.3 Å². The molecule has 0 aliphatic rings. The smallest absolute Gasteiger partial charge is 0.319 e. The van der Waals surface area contributed by atoms with Crippen molar-refractivity contribution in [1.82, 2.24) is 15.1 Å². The Morgan fingerprint density at radius 2 is 2.29 bits per heavy atom. The van der Waals surface area contributed by atoms with Crippen LogP contribution in [0.2, 0.25) is 0 Å². The molecule has 1 unspecified atom stereocenters. The fourth-order valence-electron chi connectivity index (χ4n) is 1.93. The van der Waals surface area contributed by atoms with E-state index >= 15 is 0 Å². The molecule has 6 heteroatoms. The normalized spacial score (nSPS) is 11.9. The van der Waals surface area contributed by atoms with Crippen molar-refractivity contribution in [3.8, 4) is 0 Å². The van der Waals surface area contributed by atoms with E-state index in [4.69, 9.17) is 0 Å². The Labute approximate surface area is 123 Å². The molecular weight excluding hydrogens is 268 g/mol. The molecule has 2 aromatic rings. The van der Waals surface area contributed by atoms with Crippen LogP contribution in [0.25, 0.3) is 0 Å². The Kier molecular flexibility index (Phi) is 5.34. The molecule has 3 N–H and O–H groups in total. The minimum Gasteiger partial charge on any atom is -0.389 e. The van der Waals surface area contributed by atoms with E-state index < -0.39 is 6.10 Å². The monoisotopic (exact) mass is 288 g/mol. The molecule has 21 heavy (non-hydrogen) atoms. The highest BCUT2D eigenvalue weighted by molar-refractivity contribution is 5.89. The number of aliphatic hydroxyl groups is 1. The molecule has 0 spiro atoms. The molecule has 112 valence electrons. The molecule has 0 radical (unpaired) electrons. The Balaban J connectivity index is 1.72. The summed E-state index contributed by atoms with van der Waals surface area (Å²) >= 11 is 0. The number of hydrogen-bond donors (Lipinski definition) is 3. The van der Waals surface area contributed by atoms with Gasteiger partial charge in [-0.3, -0.25) is 4.68 Å². The highest BCUT2D eigenvalue weighted by atomic mass is 16.3. The number of carbonyl (C=O) groups excluding carboxylic acids is 1. The van der Waals surface area contributed by atoms with Gasteiger partial charge in [0.15, 0.2) is 0 Å². The van der Waals surface area contributed by atoms with Crippen LogP contribution in [0.3, 0.4) is 0 Å². The second-order valence-corrected chi connectivity index (χ2v) is 4.81. The summed E-state index contributed by atoms with van der Waals surface area (Å²) in [6.45, 7) is 3.03. The molecule has 0 saturated heterocycles. The summed E-state index contributed by atoms with van der Waals surface area (Å²) in [5.41, 5.74) is 1.43. The van der Waals surface area contributed by atoms with E-state index in [1.807, 2.05) is 23.0 Å². The van der Waals surface area contributed by atoms with Gasteiger partial charge in [-0.1, -0.05) is 12.1 Å². The third-order valence-corrected chi connectivity index (χ3v) is 3.04. The molecule has 0 bridgehead atoms. The van der Waals surface area contributed by atoms with Crippen molar-refractivity contribution in [2.45, 2.75) is 26.0 Å². The van der Waals surface area contributed by atoms with Gasteiger partial charge < -0.3 is 15.7 Å². The number of urea groups is 1. The lowest BCUT2D eigenvalue weighted by Crippen LogP contribution is -2.30. The Bertz CT molecular complexity index is 567. The molecule has 2 amide bonds. The fraction of sp³-hybridized carbons (Fsp3) is 0.333. The average molecular weight is 288 g/mol. The lowest BCUT2D eigenvalue weighted by atomic mass is 10.1. The van der Waals surface area contributed by atoms with Crippen molar-refractivity contribution >= 4 is 11.7 Å². The summed E-state index contributed by atoms with van der Waals surface area (Å²) in [6, 6.07) is 8.78. The number of amides is 2. The van der Waals surface area contributed by atoms with E-state index in [9.17, 15) is 9.90 Å². The van der Waals surface area contributed by atoms with Crippen LogP contribution in [-0.4, -0.2) is 27.5 Å². The topological polar surface area (TPSA) is 79.2 Å². The molecule has 0 aliphatic carbocycles. The van der Waals surface area contributed by atoms with E-state index in [1.54, 1.807) is 31.3 Å². The number of nitrogens with zero attached hydrogens (tertiary/aromatic N) is 2. The van der Waals surface area contributed by atoms with Crippen molar-refractivity contribution in [3.63, 3.8) is 0 Å². The van der Waals surface area contributed by atoms with Crippen LogP contribution >= 0.6 is 0 Å². The molecule has 0 aliphatic heterocycles. The fourth-order valence-corrected chi connectivity index (χ4v) is 1.93. The summed E-state index contributed by atoms with van der Waals surface area (Å²) in [5.74, 6) is 0. The van der Waals surface area contributed by atoms with Gasteiger partial charge in [-0.15, -0.1) is 0 Å². The van der Waals surface area contributed by atoms with Gasteiger partial charge in [-0.25, -0.2) is 4.79 Å². The molecule has 0 fully saturated rings. The van der Waals surface area contributed by atoms with Crippen LogP contribution in [0, 0.1) is 0 Å². The molecule has 1 atom stereocenters. The van der Waals surface area contributed by atoms with Gasteiger partial charge in [0.05, 0.1) is 6.10 Å². The number of hydrogen-bond acceptors (Lipinski definition) is 3. The van der Waals surface area contributed by atoms with E-state index in [1.165, 1.54) is 0 Å². The van der Waals surface area contributed by atoms with Gasteiger partial charge in [0.1, 0.15) is 0 Å². The Morgan fingerprint density at radius 3 is 3.00 bits per heavy atom. The quantitative estimate of drug-likeness (QED) is 0.713. The molecule has 2 rings (SSSR count). The number of rotatable bonds is 6. The lowest BCUT2D eigenvalue weighted by Gasteiger charge is -2.10. The minimum absolute atomic E-state index is 0.252. The van der Waals surface area contributed by atoms with Gasteiger partial charge in [0.2, 0.25) is 0 Å². The summed E-state index contributed by atoms with van der Waals surface area (Å²) in [4.78, 5) is 11.7. The molecule has 0 saturated carbocycles. The minimum atomic E-state index is -0.552. The van der Waals surface area contributed by atoms with Gasteiger partial charge in [0, 0.05) is 31.2 Å². The summed E-state index contributed by atoms with van der Waals surface area (Å²) < 4.78 is 1.83. The second kappa shape index (κ2) is 7.44. The first kappa shape index (κ1) is 15.1. The maximum absolute atomic E-state index is 11.7. The first-order chi connectivity index (χ1) is 10.1. The predicted octanol–water partition coefficient (Wildman–Crippen LogP) is 2.15. The third-order valence-electron chi connectivity index (χ3n) is 3.04. The van der Waals surface area contributed by atoms with Crippen molar-refractivity contribution in [2.24, 2.45) is 0 Å². The lowest BCUT2D eigenvalue weighted by molar-refractivity contribution is 0.199. The van der Waals surface area contributed by atoms with Crippen LogP contribution < -0.4 is 10.6 Å². The second-order valence-electron chi connectivity index (χ2n) is 4.81. The summed E-state index contributed by atoms with van der Waals surface area (Å²) in [7, 11) is 0.